The smallest absolute Gasteiger partial charge is 0.263 e. The zero-order valence-corrected chi connectivity index (χ0v) is 21.1. The number of nitrogens with one attached hydrogen (secondary N) is 2. The molecule has 0 bridgehead atoms. The maximum atomic E-state index is 13.5. The van der Waals surface area contributed by atoms with Gasteiger partial charge in [0.2, 0.25) is 0 Å². The number of H-pyrrole nitrogens is 1. The number of likely N-dealkylation sites (tertiary alicyclic amines) is 1. The summed E-state index contributed by atoms with van der Waals surface area (Å²) < 4.78 is 2.09. The molecule has 5 heterocycles. The number of piperidine rings is 1. The highest BCUT2D eigenvalue weighted by molar-refractivity contribution is 6.40. The third-order valence-electron chi connectivity index (χ3n) is 7.14. The van der Waals surface area contributed by atoms with Gasteiger partial charge in [-0.05, 0) is 18.2 Å². The van der Waals surface area contributed by atoms with Crippen LogP contribution in [-0.2, 0) is 0 Å². The fraction of sp³-hybridized carbons (Fsp3) is 0.320. The Morgan fingerprint density at radius 1 is 1.11 bits per heavy atom. The Kier molecular flexibility index (Phi) is 5.47. The minimum absolute atomic E-state index is 0.178. The van der Waals surface area contributed by atoms with Crippen LogP contribution >= 0.6 is 23.2 Å². The third-order valence-corrected chi connectivity index (χ3v) is 7.75. The molecule has 1 fully saturated rings. The van der Waals surface area contributed by atoms with E-state index < -0.39 is 0 Å². The number of rotatable bonds is 3. The Bertz CT molecular complexity index is 1420. The van der Waals surface area contributed by atoms with Gasteiger partial charge in [0.05, 0.1) is 71.7 Å². The minimum Gasteiger partial charge on any atom is -0.355 e. The molecule has 0 saturated carbocycles. The Hall–Kier alpha value is -3.07. The zero-order chi connectivity index (χ0) is 24.3. The summed E-state index contributed by atoms with van der Waals surface area (Å²) in [6, 6.07) is 7.73. The van der Waals surface area contributed by atoms with Gasteiger partial charge in [0.1, 0.15) is 5.65 Å². The molecule has 1 amide bonds. The van der Waals surface area contributed by atoms with Crippen LogP contribution in [0.1, 0.15) is 29.2 Å². The number of aromatic nitrogens is 4. The number of hydrogen-bond acceptors (Lipinski definition) is 4. The molecule has 35 heavy (non-hydrogen) atoms. The van der Waals surface area contributed by atoms with Crippen molar-refractivity contribution in [1.82, 2.24) is 19.7 Å². The number of hydrogen-bond donors (Lipinski definition) is 2. The first-order chi connectivity index (χ1) is 16.9. The maximum absolute atomic E-state index is 13.5. The lowest BCUT2D eigenvalue weighted by molar-refractivity contribution is -0.885. The van der Waals surface area contributed by atoms with Crippen LogP contribution in [0.3, 0.4) is 0 Å². The summed E-state index contributed by atoms with van der Waals surface area (Å²) in [6.07, 6.45) is 7.90. The molecular formula is C25H26Cl2N7O+. The quantitative estimate of drug-likeness (QED) is 0.441. The number of nitrogens with zero attached hydrogens (tertiary/aromatic N) is 5. The van der Waals surface area contributed by atoms with Crippen molar-refractivity contribution in [2.45, 2.75) is 18.9 Å². The van der Waals surface area contributed by atoms with Gasteiger partial charge in [-0.1, -0.05) is 29.3 Å². The lowest BCUT2D eigenvalue weighted by atomic mass is 10.1. The van der Waals surface area contributed by atoms with Gasteiger partial charge in [0.25, 0.3) is 5.91 Å². The zero-order valence-electron chi connectivity index (χ0n) is 19.6. The molecule has 0 aliphatic carbocycles. The van der Waals surface area contributed by atoms with E-state index in [9.17, 15) is 4.79 Å². The first kappa shape index (κ1) is 22.4. The molecule has 1 saturated heterocycles. The highest BCUT2D eigenvalue weighted by Gasteiger charge is 2.33. The first-order valence-corrected chi connectivity index (χ1v) is 12.5. The normalized spacial score (nSPS) is 20.5. The van der Waals surface area contributed by atoms with Crippen molar-refractivity contribution in [3.63, 3.8) is 0 Å². The average Bonchev–Trinajstić information content (AvgIpc) is 3.49. The largest absolute Gasteiger partial charge is 0.355 e. The van der Waals surface area contributed by atoms with Crippen LogP contribution < -0.4 is 14.7 Å². The number of fused-ring (bicyclic) bond motifs is 3. The highest BCUT2D eigenvalue weighted by atomic mass is 35.5. The number of carbonyl (C=O) groups excluding carboxylic acids is 1. The summed E-state index contributed by atoms with van der Waals surface area (Å²) in [5.74, 6) is -0.178. The van der Waals surface area contributed by atoms with Gasteiger partial charge in [-0.3, -0.25) is 14.4 Å². The predicted octanol–water partition coefficient (Wildman–Crippen LogP) is 3.64. The third kappa shape index (κ3) is 3.76. The van der Waals surface area contributed by atoms with E-state index in [1.807, 2.05) is 18.1 Å². The number of anilines is 2. The molecule has 4 aromatic rings. The highest BCUT2D eigenvalue weighted by Crippen LogP contribution is 2.40. The van der Waals surface area contributed by atoms with E-state index in [2.05, 4.69) is 39.1 Å². The molecule has 2 aliphatic rings. The van der Waals surface area contributed by atoms with Gasteiger partial charge < -0.3 is 14.8 Å². The van der Waals surface area contributed by atoms with Crippen LogP contribution in [0.2, 0.25) is 10.0 Å². The van der Waals surface area contributed by atoms with E-state index in [-0.39, 0.29) is 5.91 Å². The molecule has 0 atom stereocenters. The summed E-state index contributed by atoms with van der Waals surface area (Å²) in [5, 5.41) is 6.42. The van der Waals surface area contributed by atoms with Gasteiger partial charge in [-0.2, -0.15) is 5.10 Å². The van der Waals surface area contributed by atoms with Gasteiger partial charge in [0.15, 0.2) is 0 Å². The Balaban J connectivity index is 1.36. The molecule has 10 heteroatoms. The number of pyridine rings is 1. The molecular weight excluding hydrogens is 485 g/mol. The van der Waals surface area contributed by atoms with Crippen molar-refractivity contribution in [3.05, 3.63) is 58.5 Å². The average molecular weight is 511 g/mol. The Labute approximate surface area is 213 Å². The molecule has 6 rings (SSSR count). The molecule has 180 valence electrons. The fourth-order valence-corrected chi connectivity index (χ4v) is 5.83. The second-order valence-electron chi connectivity index (χ2n) is 9.51. The van der Waals surface area contributed by atoms with E-state index >= 15 is 0 Å². The number of benzene rings is 1. The topological polar surface area (TPSA) is 74.5 Å². The lowest BCUT2D eigenvalue weighted by Crippen LogP contribution is -3.10. The number of carbonyl (C=O) groups is 1. The molecule has 1 aromatic carbocycles. The maximum Gasteiger partial charge on any atom is 0.263 e. The van der Waals surface area contributed by atoms with E-state index in [1.165, 1.54) is 13.1 Å². The van der Waals surface area contributed by atoms with E-state index in [0.717, 1.165) is 40.8 Å². The van der Waals surface area contributed by atoms with Crippen molar-refractivity contribution in [1.29, 1.82) is 0 Å². The van der Waals surface area contributed by atoms with Crippen LogP contribution in [0.4, 0.5) is 11.4 Å². The number of quaternary nitrogens is 1. The molecule has 0 radical (unpaired) electrons. The van der Waals surface area contributed by atoms with E-state index in [4.69, 9.17) is 23.2 Å². The molecule has 2 N–H and O–H groups in total. The fourth-order valence-electron chi connectivity index (χ4n) is 5.23. The Morgan fingerprint density at radius 2 is 1.86 bits per heavy atom. The summed E-state index contributed by atoms with van der Waals surface area (Å²) >= 11 is 12.8. The summed E-state index contributed by atoms with van der Waals surface area (Å²) in [7, 11) is 4.20. The van der Waals surface area contributed by atoms with E-state index in [1.54, 1.807) is 34.2 Å². The predicted molar refractivity (Wildman–Crippen MR) is 139 cm³/mol. The number of para-hydroxylation sites is 1. The van der Waals surface area contributed by atoms with Crippen molar-refractivity contribution in [3.8, 4) is 11.3 Å². The number of amides is 1. The first-order valence-electron chi connectivity index (χ1n) is 11.7. The molecule has 3 aromatic heterocycles. The van der Waals surface area contributed by atoms with Gasteiger partial charge in [-0.25, -0.2) is 4.98 Å². The SMILES string of the molecule is CN1CN(c2c(Cl)cccc2Cl)C(=O)c2cnc3[nH]c(-c4cnn(C5CC[NH+](C)CC5)c4)cc3c21. The van der Waals surface area contributed by atoms with Crippen LogP contribution in [0.25, 0.3) is 22.3 Å². The van der Waals surface area contributed by atoms with Crippen molar-refractivity contribution < 1.29 is 9.69 Å². The van der Waals surface area contributed by atoms with Crippen LogP contribution in [0, 0.1) is 0 Å². The monoisotopic (exact) mass is 510 g/mol. The van der Waals surface area contributed by atoms with Crippen LogP contribution in [-0.4, -0.2) is 59.5 Å². The number of aromatic amines is 1. The van der Waals surface area contributed by atoms with Crippen LogP contribution in [0.5, 0.6) is 0 Å². The van der Waals surface area contributed by atoms with Gasteiger partial charge >= 0.3 is 0 Å². The summed E-state index contributed by atoms with van der Waals surface area (Å²) in [4.78, 5) is 26.7. The lowest BCUT2D eigenvalue weighted by Gasteiger charge is -2.36. The van der Waals surface area contributed by atoms with Crippen LogP contribution in [0.15, 0.2) is 42.9 Å². The van der Waals surface area contributed by atoms with E-state index in [0.29, 0.717) is 34.0 Å². The summed E-state index contributed by atoms with van der Waals surface area (Å²) in [5.41, 5.74) is 4.54. The summed E-state index contributed by atoms with van der Waals surface area (Å²) in [6.45, 7) is 2.66. The van der Waals surface area contributed by atoms with Crippen molar-refractivity contribution in [2.24, 2.45) is 0 Å². The number of halogens is 2. The molecule has 0 unspecified atom stereocenters. The van der Waals surface area contributed by atoms with Crippen molar-refractivity contribution >= 4 is 51.5 Å². The molecule has 8 nitrogen and oxygen atoms in total. The van der Waals surface area contributed by atoms with Gasteiger partial charge in [0, 0.05) is 43.2 Å². The van der Waals surface area contributed by atoms with Crippen molar-refractivity contribution in [2.75, 3.05) is 43.7 Å². The van der Waals surface area contributed by atoms with Gasteiger partial charge in [-0.15, -0.1) is 0 Å². The second-order valence-corrected chi connectivity index (χ2v) is 10.3. The minimum atomic E-state index is -0.178. The second kappa shape index (κ2) is 8.55. The Morgan fingerprint density at radius 3 is 2.60 bits per heavy atom. The molecule has 2 aliphatic heterocycles. The molecule has 0 spiro atoms. The standard InChI is InChI=1S/C25H25Cl2N7O/c1-31-8-6-16(7-9-31)34-13-15(11-29-34)21-10-17-22-18(12-28-24(17)30-21)25(35)33(14-32(22)2)23-19(26)4-3-5-20(23)27/h3-5,10-13,16H,6-9,14H2,1-2H3,(H,28,30)/p+1.